The van der Waals surface area contributed by atoms with Crippen molar-refractivity contribution in [3.8, 4) is 0 Å². The Morgan fingerprint density at radius 2 is 1.69 bits per heavy atom. The van der Waals surface area contributed by atoms with Crippen LogP contribution in [-0.2, 0) is 4.43 Å². The van der Waals surface area contributed by atoms with Crippen molar-refractivity contribution >= 4 is 8.32 Å². The van der Waals surface area contributed by atoms with Crippen molar-refractivity contribution in [3.05, 3.63) is 47.6 Å². The first-order chi connectivity index (χ1) is 16.7. The fourth-order valence-corrected chi connectivity index (χ4v) is 8.31. The largest absolute Gasteiger partial charge is 0.414 e. The van der Waals surface area contributed by atoms with Gasteiger partial charge in [0.15, 0.2) is 8.32 Å². The zero-order valence-electron chi connectivity index (χ0n) is 25.5. The minimum atomic E-state index is -1.74. The second-order valence-electron chi connectivity index (χ2n) is 14.7. The van der Waals surface area contributed by atoms with Gasteiger partial charge in [0.25, 0.3) is 0 Å². The Hall–Kier alpha value is -0.863. The van der Waals surface area contributed by atoms with Crippen LogP contribution in [0, 0.1) is 35.0 Å². The summed E-state index contributed by atoms with van der Waals surface area (Å²) < 4.78 is 6.82. The van der Waals surface area contributed by atoms with Gasteiger partial charge in [0.05, 0.1) is 0 Å². The van der Waals surface area contributed by atoms with Gasteiger partial charge in [-0.05, 0) is 110 Å². The lowest BCUT2D eigenvalue weighted by molar-refractivity contribution is 0.112. The maximum Gasteiger partial charge on any atom is 0.192 e. The molecule has 6 atom stereocenters. The van der Waals surface area contributed by atoms with Crippen LogP contribution >= 0.6 is 0 Å². The molecule has 1 nitrogen and oxygen atoms in total. The second kappa shape index (κ2) is 11.5. The highest BCUT2D eigenvalue weighted by molar-refractivity contribution is 6.74. The summed E-state index contributed by atoms with van der Waals surface area (Å²) >= 11 is 0. The molecule has 204 valence electrons. The first kappa shape index (κ1) is 29.7. The number of allylic oxidation sites excluding steroid dienone is 6. The van der Waals surface area contributed by atoms with Gasteiger partial charge in [0.2, 0.25) is 0 Å². The van der Waals surface area contributed by atoms with Crippen LogP contribution < -0.4 is 0 Å². The van der Waals surface area contributed by atoms with Gasteiger partial charge in [-0.3, -0.25) is 0 Å². The summed E-state index contributed by atoms with van der Waals surface area (Å²) in [6, 6.07) is 0. The van der Waals surface area contributed by atoms with E-state index in [1.54, 1.807) is 5.57 Å². The first-order valence-electron chi connectivity index (χ1n) is 15.1. The topological polar surface area (TPSA) is 9.23 Å². The van der Waals surface area contributed by atoms with Crippen LogP contribution in [0.3, 0.4) is 0 Å². The number of hydrogen-bond acceptors (Lipinski definition) is 1. The van der Waals surface area contributed by atoms with E-state index in [2.05, 4.69) is 99.4 Å². The van der Waals surface area contributed by atoms with E-state index in [4.69, 9.17) is 4.43 Å². The highest BCUT2D eigenvalue weighted by Gasteiger charge is 2.50. The fraction of sp³-hybridized carbons (Fsp3) is 0.765. The van der Waals surface area contributed by atoms with E-state index in [0.717, 1.165) is 37.0 Å². The average Bonchev–Trinajstić information content (AvgIpc) is 3.14. The molecule has 2 heteroatoms. The summed E-state index contributed by atoms with van der Waals surface area (Å²) in [7, 11) is -1.74. The van der Waals surface area contributed by atoms with Gasteiger partial charge < -0.3 is 4.43 Å². The lowest BCUT2D eigenvalue weighted by Gasteiger charge is -2.44. The van der Waals surface area contributed by atoms with Crippen molar-refractivity contribution in [1.82, 2.24) is 0 Å². The monoisotopic (exact) mass is 510 g/mol. The Bertz CT molecular complexity index is 866. The molecule has 3 rings (SSSR count). The molecule has 3 saturated carbocycles. The Balaban J connectivity index is 1.73. The molecule has 0 radical (unpaired) electrons. The molecule has 0 bridgehead atoms. The molecule has 5 unspecified atom stereocenters. The van der Waals surface area contributed by atoms with E-state index < -0.39 is 8.32 Å². The van der Waals surface area contributed by atoms with E-state index in [1.165, 1.54) is 43.3 Å². The van der Waals surface area contributed by atoms with Crippen molar-refractivity contribution in [2.45, 2.75) is 131 Å². The Labute approximate surface area is 226 Å². The maximum atomic E-state index is 6.82. The molecule has 0 aliphatic heterocycles. The van der Waals surface area contributed by atoms with Crippen molar-refractivity contribution in [2.24, 2.45) is 35.0 Å². The van der Waals surface area contributed by atoms with Gasteiger partial charge in [-0.15, -0.1) is 0 Å². The molecule has 0 saturated heterocycles. The molecule has 0 amide bonds. The normalized spacial score (nSPS) is 34.1. The molecule has 0 aromatic rings. The second-order valence-corrected chi connectivity index (χ2v) is 19.5. The van der Waals surface area contributed by atoms with Crippen LogP contribution in [0.15, 0.2) is 47.6 Å². The van der Waals surface area contributed by atoms with E-state index in [-0.39, 0.29) is 5.04 Å². The molecule has 3 aliphatic carbocycles. The zero-order valence-corrected chi connectivity index (χ0v) is 26.5. The van der Waals surface area contributed by atoms with Gasteiger partial charge >= 0.3 is 0 Å². The number of fused-ring (bicyclic) bond motifs is 1. The van der Waals surface area contributed by atoms with Gasteiger partial charge in [-0.1, -0.05) is 97.4 Å². The molecule has 0 aromatic carbocycles. The Kier molecular flexibility index (Phi) is 9.47. The number of hydrogen-bond donors (Lipinski definition) is 0. The molecule has 0 aromatic heterocycles. The predicted octanol–water partition coefficient (Wildman–Crippen LogP) is 10.7. The van der Waals surface area contributed by atoms with Gasteiger partial charge in [-0.2, -0.15) is 0 Å². The predicted molar refractivity (Wildman–Crippen MR) is 162 cm³/mol. The van der Waals surface area contributed by atoms with Gasteiger partial charge in [0, 0.05) is 6.10 Å². The minimum Gasteiger partial charge on any atom is -0.414 e. The summed E-state index contributed by atoms with van der Waals surface area (Å²) in [5, 5.41) is 0.262. The fourth-order valence-electron chi connectivity index (χ4n) is 6.93. The Morgan fingerprint density at radius 3 is 2.33 bits per heavy atom. The molecule has 3 fully saturated rings. The molecular weight excluding hydrogens is 452 g/mol. The van der Waals surface area contributed by atoms with Crippen LogP contribution in [0.4, 0.5) is 0 Å². The molecule has 0 spiro atoms. The third-order valence-corrected chi connectivity index (χ3v) is 15.4. The average molecular weight is 511 g/mol. The zero-order chi connectivity index (χ0) is 26.9. The molecule has 0 heterocycles. The smallest absolute Gasteiger partial charge is 0.192 e. The highest BCUT2D eigenvalue weighted by atomic mass is 28.4. The van der Waals surface area contributed by atoms with Crippen LogP contribution in [0.25, 0.3) is 0 Å². The molecule has 0 N–H and O–H groups in total. The molecular formula is C34H58OSi. The standard InChI is InChI=1S/C34H58OSi/c1-24(2)25(3)14-15-27(5)31-20-21-32-28(13-12-22-34(31,32)9)17-18-29-23-30(19-16-26(29)4)35-36(10,11)33(6,7)8/h14-15,17-18,24-25,27,30-32H,4,12-13,16,19-23H2,1-3,5-11H3/t25?,27?,30?,31?,32?,34-/m1/s1. The lowest BCUT2D eigenvalue weighted by Crippen LogP contribution is -2.44. The third kappa shape index (κ3) is 6.58. The molecule has 36 heavy (non-hydrogen) atoms. The summed E-state index contributed by atoms with van der Waals surface area (Å²) in [5.41, 5.74) is 4.94. The minimum absolute atomic E-state index is 0.262. The van der Waals surface area contributed by atoms with Crippen LogP contribution in [-0.4, -0.2) is 14.4 Å². The SMILES string of the molecule is C=C1CCC(O[Si](C)(C)C(C)(C)C)CC1=CC=C1CCC[C@@]2(C)C1CCC2C(C)C=CC(C)C(C)C. The lowest BCUT2D eigenvalue weighted by atomic mass is 9.61. The maximum absolute atomic E-state index is 6.82. The van der Waals surface area contributed by atoms with E-state index >= 15 is 0 Å². The summed E-state index contributed by atoms with van der Waals surface area (Å²) in [4.78, 5) is 0. The van der Waals surface area contributed by atoms with E-state index in [9.17, 15) is 0 Å². The van der Waals surface area contributed by atoms with Gasteiger partial charge in [0.1, 0.15) is 0 Å². The van der Waals surface area contributed by atoms with Crippen molar-refractivity contribution in [1.29, 1.82) is 0 Å². The molecule has 3 aliphatic rings. The highest BCUT2D eigenvalue weighted by Crippen LogP contribution is 2.59. The van der Waals surface area contributed by atoms with Crippen molar-refractivity contribution in [2.75, 3.05) is 0 Å². The van der Waals surface area contributed by atoms with Crippen molar-refractivity contribution < 1.29 is 4.43 Å². The van der Waals surface area contributed by atoms with E-state index in [1.807, 2.05) is 0 Å². The van der Waals surface area contributed by atoms with Crippen LogP contribution in [0.5, 0.6) is 0 Å². The van der Waals surface area contributed by atoms with Crippen LogP contribution in [0.2, 0.25) is 18.1 Å². The summed E-state index contributed by atoms with van der Waals surface area (Å²) in [6.45, 7) is 28.4. The summed E-state index contributed by atoms with van der Waals surface area (Å²) in [5.74, 6) is 3.62. The van der Waals surface area contributed by atoms with Crippen molar-refractivity contribution in [3.63, 3.8) is 0 Å². The third-order valence-electron chi connectivity index (χ3n) is 10.9. The van der Waals surface area contributed by atoms with E-state index in [0.29, 0.717) is 23.4 Å². The summed E-state index contributed by atoms with van der Waals surface area (Å²) in [6.07, 6.45) is 20.4. The Morgan fingerprint density at radius 1 is 1.00 bits per heavy atom. The number of rotatable bonds is 7. The van der Waals surface area contributed by atoms with Gasteiger partial charge in [-0.25, -0.2) is 0 Å². The first-order valence-corrected chi connectivity index (χ1v) is 18.0. The quantitative estimate of drug-likeness (QED) is 0.244. The van der Waals surface area contributed by atoms with Crippen LogP contribution in [0.1, 0.15) is 107 Å².